The molecule has 3 aromatic rings. The summed E-state index contributed by atoms with van der Waals surface area (Å²) in [5.41, 5.74) is 1.89. The third kappa shape index (κ3) is 3.48. The quantitative estimate of drug-likeness (QED) is 0.693. The summed E-state index contributed by atoms with van der Waals surface area (Å²) in [5.74, 6) is 0.981. The standard InChI is InChI=1S/C20H23N3O2S/c1-21-8-10-22(11-9-21)20(24)18-15-19-17(7-14-26-19)23(18)12-13-25-16-5-3-2-4-6-16/h2-7,14-15H,8-13H2,1H3. The molecule has 6 heteroatoms. The molecule has 0 atom stereocenters. The van der Waals surface area contributed by atoms with E-state index >= 15 is 0 Å². The van der Waals surface area contributed by atoms with Gasteiger partial charge in [-0.1, -0.05) is 18.2 Å². The topological polar surface area (TPSA) is 37.7 Å². The summed E-state index contributed by atoms with van der Waals surface area (Å²) >= 11 is 1.68. The molecule has 3 heterocycles. The summed E-state index contributed by atoms with van der Waals surface area (Å²) < 4.78 is 9.11. The molecule has 0 bridgehead atoms. The number of benzene rings is 1. The zero-order valence-electron chi connectivity index (χ0n) is 14.9. The molecule has 1 aliphatic rings. The van der Waals surface area contributed by atoms with E-state index in [4.69, 9.17) is 4.74 Å². The molecular formula is C20H23N3O2S. The number of rotatable bonds is 5. The van der Waals surface area contributed by atoms with Gasteiger partial charge in [0, 0.05) is 26.2 Å². The van der Waals surface area contributed by atoms with Gasteiger partial charge in [0.1, 0.15) is 18.1 Å². The van der Waals surface area contributed by atoms with Crippen molar-refractivity contribution in [2.75, 3.05) is 39.8 Å². The number of hydrogen-bond donors (Lipinski definition) is 0. The molecule has 1 aromatic carbocycles. The van der Waals surface area contributed by atoms with Crippen molar-refractivity contribution in [3.05, 3.63) is 53.5 Å². The van der Waals surface area contributed by atoms with Crippen LogP contribution < -0.4 is 4.74 Å². The van der Waals surface area contributed by atoms with E-state index in [9.17, 15) is 4.79 Å². The smallest absolute Gasteiger partial charge is 0.270 e. The molecule has 0 radical (unpaired) electrons. The van der Waals surface area contributed by atoms with E-state index in [1.807, 2.05) is 41.3 Å². The Bertz CT molecular complexity index is 879. The molecule has 1 amide bonds. The highest BCUT2D eigenvalue weighted by Gasteiger charge is 2.24. The van der Waals surface area contributed by atoms with Gasteiger partial charge in [-0.05, 0) is 36.7 Å². The molecule has 1 saturated heterocycles. The third-order valence-corrected chi connectivity index (χ3v) is 5.71. The van der Waals surface area contributed by atoms with Gasteiger partial charge in [0.25, 0.3) is 5.91 Å². The average molecular weight is 369 g/mol. The summed E-state index contributed by atoms with van der Waals surface area (Å²) in [6.45, 7) is 4.62. The summed E-state index contributed by atoms with van der Waals surface area (Å²) in [6, 6.07) is 13.9. The van der Waals surface area contributed by atoms with Gasteiger partial charge >= 0.3 is 0 Å². The maximum Gasteiger partial charge on any atom is 0.270 e. The third-order valence-electron chi connectivity index (χ3n) is 4.86. The molecule has 0 saturated carbocycles. The van der Waals surface area contributed by atoms with Crippen molar-refractivity contribution in [3.8, 4) is 5.75 Å². The number of hydrogen-bond acceptors (Lipinski definition) is 4. The van der Waals surface area contributed by atoms with Crippen molar-refractivity contribution in [3.63, 3.8) is 0 Å². The Hall–Kier alpha value is -2.31. The first-order valence-electron chi connectivity index (χ1n) is 8.95. The Morgan fingerprint density at radius 2 is 1.88 bits per heavy atom. The van der Waals surface area contributed by atoms with Crippen LogP contribution in [0.3, 0.4) is 0 Å². The van der Waals surface area contributed by atoms with Crippen molar-refractivity contribution < 1.29 is 9.53 Å². The predicted octanol–water partition coefficient (Wildman–Crippen LogP) is 3.17. The zero-order valence-corrected chi connectivity index (χ0v) is 15.7. The Balaban J connectivity index is 1.52. The van der Waals surface area contributed by atoms with Crippen molar-refractivity contribution in [2.45, 2.75) is 6.54 Å². The Labute approximate surface area is 157 Å². The van der Waals surface area contributed by atoms with E-state index in [0.717, 1.165) is 47.8 Å². The molecule has 4 rings (SSSR count). The minimum absolute atomic E-state index is 0.126. The van der Waals surface area contributed by atoms with Crippen molar-refractivity contribution in [1.82, 2.24) is 14.4 Å². The average Bonchev–Trinajstić information content (AvgIpc) is 3.25. The lowest BCUT2D eigenvalue weighted by molar-refractivity contribution is 0.0653. The van der Waals surface area contributed by atoms with Gasteiger partial charge < -0.3 is 19.1 Å². The minimum atomic E-state index is 0.126. The van der Waals surface area contributed by atoms with Crippen LogP contribution in [0.5, 0.6) is 5.75 Å². The second-order valence-electron chi connectivity index (χ2n) is 6.61. The lowest BCUT2D eigenvalue weighted by Crippen LogP contribution is -2.47. The summed E-state index contributed by atoms with van der Waals surface area (Å²) in [7, 11) is 2.10. The highest BCUT2D eigenvalue weighted by Crippen LogP contribution is 2.26. The second-order valence-corrected chi connectivity index (χ2v) is 7.56. The monoisotopic (exact) mass is 369 g/mol. The first kappa shape index (κ1) is 17.1. The normalized spacial score (nSPS) is 15.5. The Kier molecular flexibility index (Phi) is 4.95. The fourth-order valence-corrected chi connectivity index (χ4v) is 4.16. The van der Waals surface area contributed by atoms with E-state index in [0.29, 0.717) is 13.2 Å². The van der Waals surface area contributed by atoms with Crippen LogP contribution in [0.25, 0.3) is 10.2 Å². The van der Waals surface area contributed by atoms with E-state index in [2.05, 4.69) is 28.0 Å². The first-order chi connectivity index (χ1) is 12.7. The molecule has 5 nitrogen and oxygen atoms in total. The van der Waals surface area contributed by atoms with Crippen LogP contribution in [-0.2, 0) is 6.54 Å². The highest BCUT2D eigenvalue weighted by molar-refractivity contribution is 7.17. The maximum absolute atomic E-state index is 13.1. The molecule has 0 aliphatic carbocycles. The van der Waals surface area contributed by atoms with E-state index in [1.54, 1.807) is 11.3 Å². The van der Waals surface area contributed by atoms with Gasteiger partial charge in [0.05, 0.1) is 16.8 Å². The summed E-state index contributed by atoms with van der Waals surface area (Å²) in [5, 5.41) is 2.07. The van der Waals surface area contributed by atoms with Crippen LogP contribution >= 0.6 is 11.3 Å². The largest absolute Gasteiger partial charge is 0.492 e. The van der Waals surface area contributed by atoms with Crippen LogP contribution in [-0.4, -0.2) is 60.1 Å². The van der Waals surface area contributed by atoms with Crippen molar-refractivity contribution in [1.29, 1.82) is 0 Å². The zero-order chi connectivity index (χ0) is 17.9. The van der Waals surface area contributed by atoms with Crippen LogP contribution in [0.15, 0.2) is 47.8 Å². The summed E-state index contributed by atoms with van der Waals surface area (Å²) in [6.07, 6.45) is 0. The van der Waals surface area contributed by atoms with Crippen molar-refractivity contribution >= 4 is 27.5 Å². The molecule has 0 unspecified atom stereocenters. The molecule has 2 aromatic heterocycles. The van der Waals surface area contributed by atoms with Gasteiger partial charge in [0.15, 0.2) is 0 Å². The lowest BCUT2D eigenvalue weighted by Gasteiger charge is -2.32. The number of aromatic nitrogens is 1. The van der Waals surface area contributed by atoms with E-state index < -0.39 is 0 Å². The minimum Gasteiger partial charge on any atom is -0.492 e. The first-order valence-corrected chi connectivity index (χ1v) is 9.83. The number of nitrogens with zero attached hydrogens (tertiary/aromatic N) is 3. The van der Waals surface area contributed by atoms with Crippen LogP contribution in [0, 0.1) is 0 Å². The molecule has 26 heavy (non-hydrogen) atoms. The SMILES string of the molecule is CN1CCN(C(=O)c2cc3sccc3n2CCOc2ccccc2)CC1. The fraction of sp³-hybridized carbons (Fsp3) is 0.350. The number of likely N-dealkylation sites (N-methyl/N-ethyl adjacent to an activating group) is 1. The number of carbonyl (C=O) groups excluding carboxylic acids is 1. The van der Waals surface area contributed by atoms with Gasteiger partial charge in [-0.2, -0.15) is 0 Å². The molecule has 1 aliphatic heterocycles. The molecule has 136 valence electrons. The maximum atomic E-state index is 13.1. The lowest BCUT2D eigenvalue weighted by atomic mass is 10.3. The Morgan fingerprint density at radius 1 is 1.12 bits per heavy atom. The number of thiophene rings is 1. The second kappa shape index (κ2) is 7.51. The predicted molar refractivity (Wildman–Crippen MR) is 105 cm³/mol. The highest BCUT2D eigenvalue weighted by atomic mass is 32.1. The van der Waals surface area contributed by atoms with Crippen LogP contribution in [0.2, 0.25) is 0 Å². The summed E-state index contributed by atoms with van der Waals surface area (Å²) in [4.78, 5) is 17.3. The Morgan fingerprint density at radius 3 is 2.65 bits per heavy atom. The van der Waals surface area contributed by atoms with Gasteiger partial charge in [-0.15, -0.1) is 11.3 Å². The number of amides is 1. The van der Waals surface area contributed by atoms with Crippen molar-refractivity contribution in [2.24, 2.45) is 0 Å². The van der Waals surface area contributed by atoms with Crippen LogP contribution in [0.1, 0.15) is 10.5 Å². The number of piperazine rings is 1. The van der Waals surface area contributed by atoms with Gasteiger partial charge in [-0.25, -0.2) is 0 Å². The van der Waals surface area contributed by atoms with E-state index in [1.165, 1.54) is 0 Å². The van der Waals surface area contributed by atoms with E-state index in [-0.39, 0.29) is 5.91 Å². The van der Waals surface area contributed by atoms with Gasteiger partial charge in [-0.3, -0.25) is 4.79 Å². The molecule has 0 spiro atoms. The number of para-hydroxylation sites is 1. The van der Waals surface area contributed by atoms with Crippen LogP contribution in [0.4, 0.5) is 0 Å². The molecular weight excluding hydrogens is 346 g/mol. The molecule has 0 N–H and O–H groups in total. The van der Waals surface area contributed by atoms with Gasteiger partial charge in [0.2, 0.25) is 0 Å². The number of ether oxygens (including phenoxy) is 1. The number of carbonyl (C=O) groups is 1. The number of fused-ring (bicyclic) bond motifs is 1. The fourth-order valence-electron chi connectivity index (χ4n) is 3.34. The molecule has 1 fully saturated rings.